The van der Waals surface area contributed by atoms with Crippen molar-refractivity contribution in [3.63, 3.8) is 0 Å². The lowest BCUT2D eigenvalue weighted by atomic mass is 10.1. The molecule has 0 N–H and O–H groups in total. The van der Waals surface area contributed by atoms with Gasteiger partial charge in [0.25, 0.3) is 0 Å². The zero-order valence-electron chi connectivity index (χ0n) is 19.3. The van der Waals surface area contributed by atoms with E-state index >= 15 is 0 Å². The maximum atomic E-state index is 12.9. The third-order valence-electron chi connectivity index (χ3n) is 6.44. The van der Waals surface area contributed by atoms with Crippen LogP contribution in [0.25, 0.3) is 11.0 Å². The highest BCUT2D eigenvalue weighted by Gasteiger charge is 2.34. The molecule has 6 heteroatoms. The van der Waals surface area contributed by atoms with Gasteiger partial charge in [0.15, 0.2) is 0 Å². The number of aromatic nitrogens is 2. The Balaban J connectivity index is 1.32. The van der Waals surface area contributed by atoms with E-state index in [9.17, 15) is 4.79 Å². The average molecular weight is 474 g/mol. The first-order valence-corrected chi connectivity index (χ1v) is 12.2. The van der Waals surface area contributed by atoms with Gasteiger partial charge in [-0.05, 0) is 66.9 Å². The predicted molar refractivity (Wildman–Crippen MR) is 137 cm³/mol. The van der Waals surface area contributed by atoms with Crippen LogP contribution in [0.15, 0.2) is 72.8 Å². The molecule has 1 amide bonds. The molecule has 1 aliphatic rings. The van der Waals surface area contributed by atoms with E-state index in [1.165, 1.54) is 5.56 Å². The normalized spacial score (nSPS) is 15.9. The molecule has 3 aromatic carbocycles. The fourth-order valence-electron chi connectivity index (χ4n) is 4.63. The minimum Gasteiger partial charge on any atom is -0.494 e. The first-order chi connectivity index (χ1) is 16.6. The van der Waals surface area contributed by atoms with Crippen molar-refractivity contribution in [2.24, 2.45) is 0 Å². The lowest BCUT2D eigenvalue weighted by Crippen LogP contribution is -2.24. The van der Waals surface area contributed by atoms with Gasteiger partial charge in [-0.2, -0.15) is 0 Å². The summed E-state index contributed by atoms with van der Waals surface area (Å²) in [6, 6.07) is 23.9. The molecule has 5 nitrogen and oxygen atoms in total. The number of fused-ring (bicyclic) bond motifs is 1. The van der Waals surface area contributed by atoms with Gasteiger partial charge >= 0.3 is 0 Å². The van der Waals surface area contributed by atoms with Gasteiger partial charge in [-0.1, -0.05) is 42.8 Å². The van der Waals surface area contributed by atoms with E-state index in [4.69, 9.17) is 21.3 Å². The Morgan fingerprint density at radius 3 is 2.56 bits per heavy atom. The number of aryl methyl sites for hydroxylation is 2. The van der Waals surface area contributed by atoms with Crippen LogP contribution in [0.4, 0.5) is 5.69 Å². The summed E-state index contributed by atoms with van der Waals surface area (Å²) in [7, 11) is 0. The molecular formula is C28H28ClN3O2. The minimum atomic E-state index is 0.0399. The van der Waals surface area contributed by atoms with Crippen LogP contribution < -0.4 is 9.64 Å². The second-order valence-corrected chi connectivity index (χ2v) is 9.13. The quantitative estimate of drug-likeness (QED) is 0.284. The predicted octanol–water partition coefficient (Wildman–Crippen LogP) is 6.24. The van der Waals surface area contributed by atoms with Gasteiger partial charge in [0.1, 0.15) is 11.6 Å². The Morgan fingerprint density at radius 2 is 1.79 bits per heavy atom. The summed E-state index contributed by atoms with van der Waals surface area (Å²) in [6.07, 6.45) is 2.33. The molecule has 0 saturated carbocycles. The van der Waals surface area contributed by atoms with E-state index < -0.39 is 0 Å². The van der Waals surface area contributed by atoms with Gasteiger partial charge in [-0.25, -0.2) is 4.98 Å². The SMILES string of the molecule is CCc1ccc(OCCCn2c([C@H]3CC(=O)N(c4ccc(Cl)cc4)C3)nc3ccccc32)cc1. The van der Waals surface area contributed by atoms with E-state index in [2.05, 4.69) is 29.7 Å². The summed E-state index contributed by atoms with van der Waals surface area (Å²) < 4.78 is 8.24. The summed E-state index contributed by atoms with van der Waals surface area (Å²) in [5.41, 5.74) is 4.25. The van der Waals surface area contributed by atoms with Crippen LogP contribution in [0.5, 0.6) is 5.75 Å². The van der Waals surface area contributed by atoms with Crippen LogP contribution in [0.3, 0.4) is 0 Å². The molecule has 1 aliphatic heterocycles. The van der Waals surface area contributed by atoms with Crippen molar-refractivity contribution in [1.29, 1.82) is 0 Å². The molecule has 0 bridgehead atoms. The van der Waals surface area contributed by atoms with E-state index in [0.29, 0.717) is 24.6 Å². The zero-order valence-corrected chi connectivity index (χ0v) is 20.0. The van der Waals surface area contributed by atoms with Crippen molar-refractivity contribution in [2.45, 2.75) is 38.6 Å². The average Bonchev–Trinajstić information content (AvgIpc) is 3.43. The molecule has 1 aromatic heterocycles. The summed E-state index contributed by atoms with van der Waals surface area (Å²) in [6.45, 7) is 4.17. The van der Waals surface area contributed by atoms with Gasteiger partial charge in [0.05, 0.1) is 17.6 Å². The van der Waals surface area contributed by atoms with E-state index in [1.54, 1.807) is 0 Å². The first kappa shape index (κ1) is 22.5. The molecule has 0 spiro atoms. The summed E-state index contributed by atoms with van der Waals surface area (Å²) in [4.78, 5) is 19.7. The van der Waals surface area contributed by atoms with Crippen molar-refractivity contribution in [1.82, 2.24) is 9.55 Å². The van der Waals surface area contributed by atoms with Crippen molar-refractivity contribution < 1.29 is 9.53 Å². The monoisotopic (exact) mass is 473 g/mol. The molecule has 34 heavy (non-hydrogen) atoms. The van der Waals surface area contributed by atoms with Gasteiger partial charge in [-0.15, -0.1) is 0 Å². The van der Waals surface area contributed by atoms with Gasteiger partial charge < -0.3 is 14.2 Å². The van der Waals surface area contributed by atoms with Crippen molar-refractivity contribution >= 4 is 34.2 Å². The molecule has 4 aromatic rings. The van der Waals surface area contributed by atoms with Crippen molar-refractivity contribution in [3.05, 3.63) is 89.2 Å². The lowest BCUT2D eigenvalue weighted by Gasteiger charge is -2.17. The number of carbonyl (C=O) groups is 1. The topological polar surface area (TPSA) is 47.4 Å². The number of para-hydroxylation sites is 2. The highest BCUT2D eigenvalue weighted by atomic mass is 35.5. The number of hydrogen-bond acceptors (Lipinski definition) is 3. The summed E-state index contributed by atoms with van der Waals surface area (Å²) in [5.74, 6) is 2.02. The standard InChI is InChI=1S/C28H28ClN3O2/c1-2-20-8-14-24(15-9-20)34-17-5-16-31-26-7-4-3-6-25(26)30-28(31)21-18-27(33)32(19-21)23-12-10-22(29)11-13-23/h3-4,6-15,21H,2,5,16-19H2,1H3/t21-/m0/s1. The van der Waals surface area contributed by atoms with E-state index in [0.717, 1.165) is 47.7 Å². The zero-order chi connectivity index (χ0) is 23.5. The largest absolute Gasteiger partial charge is 0.494 e. The van der Waals surface area contributed by atoms with E-state index in [-0.39, 0.29) is 11.8 Å². The molecule has 2 heterocycles. The number of rotatable bonds is 8. The highest BCUT2D eigenvalue weighted by Crippen LogP contribution is 2.33. The van der Waals surface area contributed by atoms with Crippen molar-refractivity contribution in [2.75, 3.05) is 18.1 Å². The Labute approximate surface area is 204 Å². The number of nitrogens with zero attached hydrogens (tertiary/aromatic N) is 3. The number of hydrogen-bond donors (Lipinski definition) is 0. The molecule has 1 saturated heterocycles. The van der Waals surface area contributed by atoms with Crippen LogP contribution in [-0.2, 0) is 17.8 Å². The third kappa shape index (κ3) is 4.66. The van der Waals surface area contributed by atoms with Gasteiger partial charge in [0, 0.05) is 36.1 Å². The van der Waals surface area contributed by atoms with Crippen LogP contribution in [0, 0.1) is 0 Å². The summed E-state index contributed by atoms with van der Waals surface area (Å²) >= 11 is 6.03. The smallest absolute Gasteiger partial charge is 0.227 e. The number of carbonyl (C=O) groups excluding carboxylic acids is 1. The Kier molecular flexibility index (Phi) is 6.54. The van der Waals surface area contributed by atoms with Crippen LogP contribution in [-0.4, -0.2) is 28.6 Å². The van der Waals surface area contributed by atoms with Crippen LogP contribution in [0.1, 0.15) is 37.1 Å². The molecule has 0 unspecified atom stereocenters. The fourth-order valence-corrected chi connectivity index (χ4v) is 4.75. The first-order valence-electron chi connectivity index (χ1n) is 11.8. The number of halogens is 1. The maximum Gasteiger partial charge on any atom is 0.227 e. The molecule has 174 valence electrons. The Hall–Kier alpha value is -3.31. The van der Waals surface area contributed by atoms with Crippen LogP contribution in [0.2, 0.25) is 5.02 Å². The number of anilines is 1. The van der Waals surface area contributed by atoms with Gasteiger partial charge in [0.2, 0.25) is 5.91 Å². The number of imidazole rings is 1. The number of benzene rings is 3. The molecule has 1 atom stereocenters. The third-order valence-corrected chi connectivity index (χ3v) is 6.69. The molecule has 1 fully saturated rings. The molecule has 5 rings (SSSR count). The summed E-state index contributed by atoms with van der Waals surface area (Å²) in [5, 5.41) is 0.664. The Morgan fingerprint density at radius 1 is 1.03 bits per heavy atom. The van der Waals surface area contributed by atoms with Gasteiger partial charge in [-0.3, -0.25) is 4.79 Å². The fraction of sp³-hybridized carbons (Fsp3) is 0.286. The van der Waals surface area contributed by atoms with E-state index in [1.807, 2.05) is 59.5 Å². The maximum absolute atomic E-state index is 12.9. The Bertz CT molecular complexity index is 1280. The molecular weight excluding hydrogens is 446 g/mol. The minimum absolute atomic E-state index is 0.0399. The lowest BCUT2D eigenvalue weighted by molar-refractivity contribution is -0.117. The highest BCUT2D eigenvalue weighted by molar-refractivity contribution is 6.30. The second-order valence-electron chi connectivity index (χ2n) is 8.69. The molecule has 0 aliphatic carbocycles. The van der Waals surface area contributed by atoms with Crippen LogP contribution >= 0.6 is 11.6 Å². The number of ether oxygens (including phenoxy) is 1. The number of amides is 1. The second kappa shape index (κ2) is 9.90. The van der Waals surface area contributed by atoms with Crippen molar-refractivity contribution in [3.8, 4) is 5.75 Å². The molecule has 0 radical (unpaired) electrons.